The Balaban J connectivity index is 1.83. The lowest BCUT2D eigenvalue weighted by molar-refractivity contribution is -0.135. The van der Waals surface area contributed by atoms with Gasteiger partial charge >= 0.3 is 5.97 Å². The predicted molar refractivity (Wildman–Crippen MR) is 87.0 cm³/mol. The van der Waals surface area contributed by atoms with Crippen LogP contribution in [0.2, 0.25) is 0 Å². The number of rotatable bonds is 7. The summed E-state index contributed by atoms with van der Waals surface area (Å²) in [6.45, 7) is -0.584. The van der Waals surface area contributed by atoms with Crippen LogP contribution >= 0.6 is 0 Å². The number of carboxylic acids is 1. The smallest absolute Gasteiger partial charge is 0.322 e. The second kappa shape index (κ2) is 8.33. The van der Waals surface area contributed by atoms with Crippen molar-refractivity contribution in [2.75, 3.05) is 18.5 Å². The van der Waals surface area contributed by atoms with Crippen LogP contribution in [0.15, 0.2) is 54.6 Å². The molecule has 2 aromatic rings. The third-order valence-electron chi connectivity index (χ3n) is 2.94. The molecule has 7 nitrogen and oxygen atoms in total. The van der Waals surface area contributed by atoms with Crippen molar-refractivity contribution < 1.29 is 24.2 Å². The van der Waals surface area contributed by atoms with Gasteiger partial charge in [0.15, 0.2) is 6.61 Å². The minimum absolute atomic E-state index is 0.134. The first kappa shape index (κ1) is 17.0. The van der Waals surface area contributed by atoms with Gasteiger partial charge in [-0.25, -0.2) is 0 Å². The van der Waals surface area contributed by atoms with Crippen molar-refractivity contribution >= 4 is 23.5 Å². The van der Waals surface area contributed by atoms with Gasteiger partial charge < -0.3 is 20.5 Å². The lowest BCUT2D eigenvalue weighted by Crippen LogP contribution is -2.29. The minimum Gasteiger partial charge on any atom is -0.484 e. The van der Waals surface area contributed by atoms with Crippen molar-refractivity contribution in [2.45, 2.75) is 0 Å². The first-order chi connectivity index (χ1) is 11.5. The van der Waals surface area contributed by atoms with E-state index >= 15 is 0 Å². The molecule has 0 aliphatic heterocycles. The van der Waals surface area contributed by atoms with Gasteiger partial charge in [-0.05, 0) is 36.4 Å². The maximum atomic E-state index is 11.8. The van der Waals surface area contributed by atoms with Gasteiger partial charge in [0.2, 0.25) is 0 Å². The predicted octanol–water partition coefficient (Wildman–Crippen LogP) is 1.52. The van der Waals surface area contributed by atoms with Crippen LogP contribution in [0.3, 0.4) is 0 Å². The van der Waals surface area contributed by atoms with Gasteiger partial charge in [-0.2, -0.15) is 0 Å². The highest BCUT2D eigenvalue weighted by molar-refractivity contribution is 5.97. The number of aliphatic carboxylic acids is 1. The Morgan fingerprint density at radius 1 is 0.958 bits per heavy atom. The van der Waals surface area contributed by atoms with Crippen LogP contribution in [0, 0.1) is 0 Å². The molecule has 0 fully saturated rings. The molecule has 0 aromatic heterocycles. The van der Waals surface area contributed by atoms with Crippen molar-refractivity contribution in [1.82, 2.24) is 5.32 Å². The third kappa shape index (κ3) is 5.45. The molecule has 0 saturated carbocycles. The summed E-state index contributed by atoms with van der Waals surface area (Å²) in [5.41, 5.74) is 0.807. The summed E-state index contributed by atoms with van der Waals surface area (Å²) in [6, 6.07) is 15.0. The Kier molecular flexibility index (Phi) is 5.90. The zero-order valence-corrected chi connectivity index (χ0v) is 12.7. The zero-order chi connectivity index (χ0) is 17.4. The lowest BCUT2D eigenvalue weighted by Gasteiger charge is -2.08. The molecule has 3 N–H and O–H groups in total. The van der Waals surface area contributed by atoms with E-state index in [0.29, 0.717) is 17.0 Å². The SMILES string of the molecule is O=C(O)CNC(=O)c1ccc(NC(=O)COc2ccccc2)cc1. The molecule has 0 spiro atoms. The fraction of sp³-hybridized carbons (Fsp3) is 0.118. The normalized spacial score (nSPS) is 9.83. The summed E-state index contributed by atoms with van der Waals surface area (Å²) in [6.07, 6.45) is 0. The molecule has 0 bridgehead atoms. The van der Waals surface area contributed by atoms with Crippen LogP contribution < -0.4 is 15.4 Å². The second-order valence-corrected chi connectivity index (χ2v) is 4.80. The fourth-order valence-electron chi connectivity index (χ4n) is 1.83. The third-order valence-corrected chi connectivity index (χ3v) is 2.94. The van der Waals surface area contributed by atoms with Crippen LogP contribution in [0.25, 0.3) is 0 Å². The number of amides is 2. The molecule has 2 aromatic carbocycles. The molecule has 0 radical (unpaired) electrons. The van der Waals surface area contributed by atoms with E-state index in [-0.39, 0.29) is 12.5 Å². The largest absolute Gasteiger partial charge is 0.484 e. The molecule has 2 amide bonds. The van der Waals surface area contributed by atoms with E-state index in [1.807, 2.05) is 6.07 Å². The molecule has 124 valence electrons. The van der Waals surface area contributed by atoms with E-state index in [2.05, 4.69) is 10.6 Å². The van der Waals surface area contributed by atoms with Gasteiger partial charge in [0, 0.05) is 11.3 Å². The molecule has 0 aliphatic rings. The number of para-hydroxylation sites is 1. The number of hydrogen-bond acceptors (Lipinski definition) is 4. The first-order valence-corrected chi connectivity index (χ1v) is 7.12. The Morgan fingerprint density at radius 2 is 1.62 bits per heavy atom. The first-order valence-electron chi connectivity index (χ1n) is 7.12. The highest BCUT2D eigenvalue weighted by atomic mass is 16.5. The van der Waals surface area contributed by atoms with Gasteiger partial charge in [-0.3, -0.25) is 14.4 Å². The summed E-state index contributed by atoms with van der Waals surface area (Å²) in [5, 5.41) is 13.4. The topological polar surface area (TPSA) is 105 Å². The van der Waals surface area contributed by atoms with E-state index in [9.17, 15) is 14.4 Å². The average molecular weight is 328 g/mol. The van der Waals surface area contributed by atoms with Crippen LogP contribution in [-0.4, -0.2) is 36.0 Å². The van der Waals surface area contributed by atoms with E-state index < -0.39 is 18.4 Å². The Hall–Kier alpha value is -3.35. The van der Waals surface area contributed by atoms with E-state index in [1.165, 1.54) is 12.1 Å². The summed E-state index contributed by atoms with van der Waals surface area (Å²) >= 11 is 0. The molecule has 0 aliphatic carbocycles. The molecule has 24 heavy (non-hydrogen) atoms. The molecule has 0 atom stereocenters. The fourth-order valence-corrected chi connectivity index (χ4v) is 1.83. The molecule has 0 unspecified atom stereocenters. The number of carbonyl (C=O) groups is 3. The number of ether oxygens (including phenoxy) is 1. The van der Waals surface area contributed by atoms with Crippen molar-refractivity contribution in [3.63, 3.8) is 0 Å². The molecular weight excluding hydrogens is 312 g/mol. The van der Waals surface area contributed by atoms with Crippen LogP contribution in [-0.2, 0) is 9.59 Å². The quantitative estimate of drug-likeness (QED) is 0.715. The van der Waals surface area contributed by atoms with Crippen molar-refractivity contribution in [2.24, 2.45) is 0 Å². The summed E-state index contributed by atoms with van der Waals surface area (Å²) < 4.78 is 5.32. The Morgan fingerprint density at radius 3 is 2.25 bits per heavy atom. The average Bonchev–Trinajstić information content (AvgIpc) is 2.59. The molecule has 7 heteroatoms. The maximum absolute atomic E-state index is 11.8. The molecule has 0 saturated heterocycles. The number of hydrogen-bond donors (Lipinski definition) is 3. The summed E-state index contributed by atoms with van der Waals surface area (Å²) in [4.78, 5) is 33.9. The highest BCUT2D eigenvalue weighted by Crippen LogP contribution is 2.11. The second-order valence-electron chi connectivity index (χ2n) is 4.80. The number of carboxylic acid groups (broad SMARTS) is 1. The molecular formula is C17H16N2O5. The maximum Gasteiger partial charge on any atom is 0.322 e. The monoisotopic (exact) mass is 328 g/mol. The van der Waals surface area contributed by atoms with E-state index in [1.54, 1.807) is 36.4 Å². The molecule has 2 rings (SSSR count). The van der Waals surface area contributed by atoms with Gasteiger partial charge in [-0.15, -0.1) is 0 Å². The lowest BCUT2D eigenvalue weighted by atomic mass is 10.2. The number of nitrogens with one attached hydrogen (secondary N) is 2. The Labute approximate surface area is 138 Å². The summed E-state index contributed by atoms with van der Waals surface area (Å²) in [5.74, 6) is -1.35. The zero-order valence-electron chi connectivity index (χ0n) is 12.7. The van der Waals surface area contributed by atoms with Crippen LogP contribution in [0.5, 0.6) is 5.75 Å². The van der Waals surface area contributed by atoms with Crippen LogP contribution in [0.1, 0.15) is 10.4 Å². The van der Waals surface area contributed by atoms with Crippen molar-refractivity contribution in [3.8, 4) is 5.75 Å². The van der Waals surface area contributed by atoms with Gasteiger partial charge in [0.25, 0.3) is 11.8 Å². The van der Waals surface area contributed by atoms with Gasteiger partial charge in [0.1, 0.15) is 12.3 Å². The van der Waals surface area contributed by atoms with Gasteiger partial charge in [-0.1, -0.05) is 18.2 Å². The van der Waals surface area contributed by atoms with Crippen LogP contribution in [0.4, 0.5) is 5.69 Å². The standard InChI is InChI=1S/C17H16N2O5/c20-15(11-24-14-4-2-1-3-5-14)19-13-8-6-12(7-9-13)17(23)18-10-16(21)22/h1-9H,10-11H2,(H,18,23)(H,19,20)(H,21,22). The van der Waals surface area contributed by atoms with Crippen molar-refractivity contribution in [3.05, 3.63) is 60.2 Å². The molecule has 0 heterocycles. The summed E-state index contributed by atoms with van der Waals surface area (Å²) in [7, 11) is 0. The minimum atomic E-state index is -1.12. The van der Waals surface area contributed by atoms with E-state index in [0.717, 1.165) is 0 Å². The number of anilines is 1. The Bertz CT molecular complexity index is 714. The number of carbonyl (C=O) groups excluding carboxylic acids is 2. The number of benzene rings is 2. The van der Waals surface area contributed by atoms with E-state index in [4.69, 9.17) is 9.84 Å². The van der Waals surface area contributed by atoms with Crippen molar-refractivity contribution in [1.29, 1.82) is 0 Å². The highest BCUT2D eigenvalue weighted by Gasteiger charge is 2.08. The van der Waals surface area contributed by atoms with Gasteiger partial charge in [0.05, 0.1) is 0 Å².